The molecule has 7 heteroatoms. The van der Waals surface area contributed by atoms with Gasteiger partial charge in [0.15, 0.2) is 0 Å². The molecule has 2 unspecified atom stereocenters. The van der Waals surface area contributed by atoms with Crippen molar-refractivity contribution in [2.75, 3.05) is 0 Å². The molecule has 4 rings (SSSR count). The number of amides is 1. The Morgan fingerprint density at radius 3 is 2.48 bits per heavy atom. The van der Waals surface area contributed by atoms with E-state index in [1.807, 2.05) is 6.92 Å². The molecule has 0 bridgehead atoms. The van der Waals surface area contributed by atoms with Crippen LogP contribution in [0, 0.1) is 11.3 Å². The molecule has 0 saturated carbocycles. The topological polar surface area (TPSA) is 106 Å². The Morgan fingerprint density at radius 1 is 1.17 bits per heavy atom. The first-order valence-corrected chi connectivity index (χ1v) is 9.24. The van der Waals surface area contributed by atoms with Gasteiger partial charge in [0.25, 0.3) is 5.91 Å². The third-order valence-electron chi connectivity index (χ3n) is 5.28. The zero-order valence-electron chi connectivity index (χ0n) is 15.7. The van der Waals surface area contributed by atoms with E-state index in [-0.39, 0.29) is 23.8 Å². The van der Waals surface area contributed by atoms with Gasteiger partial charge in [-0.25, -0.2) is 9.80 Å². The van der Waals surface area contributed by atoms with Crippen molar-refractivity contribution in [1.29, 1.82) is 5.26 Å². The lowest BCUT2D eigenvalue weighted by molar-refractivity contribution is -0.133. The highest BCUT2D eigenvalue weighted by molar-refractivity contribution is 6.12. The Bertz CT molecular complexity index is 1080. The summed E-state index contributed by atoms with van der Waals surface area (Å²) in [7, 11) is 0. The maximum Gasteiger partial charge on any atom is 0.335 e. The van der Waals surface area contributed by atoms with Crippen molar-refractivity contribution in [3.05, 3.63) is 70.8 Å². The molecule has 7 nitrogen and oxygen atoms in total. The Kier molecular flexibility index (Phi) is 4.69. The molecule has 1 N–H and O–H groups in total. The zero-order chi connectivity index (χ0) is 20.5. The average molecular weight is 386 g/mol. The van der Waals surface area contributed by atoms with E-state index in [2.05, 4.69) is 11.2 Å². The molecule has 2 heterocycles. The quantitative estimate of drug-likeness (QED) is 0.874. The molecule has 29 heavy (non-hydrogen) atoms. The first-order valence-electron chi connectivity index (χ1n) is 9.24. The number of nitriles is 1. The Labute approximate surface area is 167 Å². The van der Waals surface area contributed by atoms with E-state index < -0.39 is 12.1 Å². The van der Waals surface area contributed by atoms with Gasteiger partial charge in [-0.15, -0.1) is 0 Å². The highest BCUT2D eigenvalue weighted by Gasteiger charge is 2.36. The minimum Gasteiger partial charge on any atom is -0.478 e. The second kappa shape index (κ2) is 7.32. The number of benzene rings is 2. The monoisotopic (exact) mass is 386 g/mol. The normalized spacial score (nSPS) is 21.0. The van der Waals surface area contributed by atoms with Gasteiger partial charge in [0, 0.05) is 18.1 Å². The summed E-state index contributed by atoms with van der Waals surface area (Å²) >= 11 is 0. The van der Waals surface area contributed by atoms with Crippen LogP contribution in [0.15, 0.2) is 58.6 Å². The average Bonchev–Trinajstić information content (AvgIpc) is 2.74. The lowest BCUT2D eigenvalue weighted by Crippen LogP contribution is -2.45. The summed E-state index contributed by atoms with van der Waals surface area (Å²) in [5, 5.41) is 24.0. The molecular formula is C22H18N4O3. The minimum atomic E-state index is -0.966. The van der Waals surface area contributed by atoms with Gasteiger partial charge in [0.05, 0.1) is 29.3 Å². The molecule has 1 amide bonds. The Hall–Kier alpha value is -3.79. The molecule has 2 aliphatic rings. The second-order valence-electron chi connectivity index (χ2n) is 7.12. The van der Waals surface area contributed by atoms with Crippen LogP contribution in [0.5, 0.6) is 0 Å². The second-order valence-corrected chi connectivity index (χ2v) is 7.12. The van der Waals surface area contributed by atoms with Crippen molar-refractivity contribution >= 4 is 23.3 Å². The van der Waals surface area contributed by atoms with E-state index in [1.54, 1.807) is 48.5 Å². The lowest BCUT2D eigenvalue weighted by Gasteiger charge is -2.37. The first kappa shape index (κ1) is 18.6. The molecule has 2 aromatic carbocycles. The minimum absolute atomic E-state index is 0.0454. The number of hydrazone groups is 1. The number of hydrogen-bond acceptors (Lipinski definition) is 5. The molecule has 0 saturated heterocycles. The molecule has 2 aromatic rings. The van der Waals surface area contributed by atoms with Crippen LogP contribution < -0.4 is 0 Å². The first-order chi connectivity index (χ1) is 14.0. The number of nitrogens with zero attached hydrogens (tertiary/aromatic N) is 4. The molecule has 0 spiro atoms. The van der Waals surface area contributed by atoms with Crippen LogP contribution in [-0.4, -0.2) is 39.6 Å². The third-order valence-corrected chi connectivity index (χ3v) is 5.28. The maximum atomic E-state index is 12.7. The van der Waals surface area contributed by atoms with Crippen molar-refractivity contribution in [2.45, 2.75) is 31.8 Å². The van der Waals surface area contributed by atoms with E-state index in [1.165, 1.54) is 5.01 Å². The van der Waals surface area contributed by atoms with E-state index >= 15 is 0 Å². The summed E-state index contributed by atoms with van der Waals surface area (Å²) in [6.45, 7) is 1.87. The van der Waals surface area contributed by atoms with Gasteiger partial charge in [-0.3, -0.25) is 9.79 Å². The molecule has 144 valence electrons. The number of rotatable bonds is 3. The van der Waals surface area contributed by atoms with Gasteiger partial charge < -0.3 is 5.11 Å². The van der Waals surface area contributed by atoms with Gasteiger partial charge >= 0.3 is 5.97 Å². The van der Waals surface area contributed by atoms with E-state index in [9.17, 15) is 9.59 Å². The molecule has 0 fully saturated rings. The van der Waals surface area contributed by atoms with Crippen LogP contribution in [0.1, 0.15) is 52.7 Å². The number of hydrogen-bond donors (Lipinski definition) is 1. The van der Waals surface area contributed by atoms with Gasteiger partial charge in [0.1, 0.15) is 6.17 Å². The Morgan fingerprint density at radius 2 is 1.86 bits per heavy atom. The van der Waals surface area contributed by atoms with Crippen LogP contribution in [0.25, 0.3) is 0 Å². The number of aromatic carboxylic acids is 1. The fraction of sp³-hybridized carbons (Fsp3) is 0.227. The summed E-state index contributed by atoms with van der Waals surface area (Å²) in [5.41, 5.74) is 4.05. The van der Waals surface area contributed by atoms with Crippen LogP contribution in [-0.2, 0) is 4.79 Å². The maximum absolute atomic E-state index is 12.7. The van der Waals surface area contributed by atoms with Gasteiger partial charge in [0.2, 0.25) is 0 Å². The SMILES string of the molecule is CC1=NN2C(=O)CC(c3ccc(C#N)cc3)=NC2CC1c1ccc(C(=O)O)cc1. The largest absolute Gasteiger partial charge is 0.478 e. The Balaban J connectivity index is 1.64. The van der Waals surface area contributed by atoms with Crippen molar-refractivity contribution in [2.24, 2.45) is 10.1 Å². The number of carbonyl (C=O) groups is 2. The summed E-state index contributed by atoms with van der Waals surface area (Å²) < 4.78 is 0. The number of fused-ring (bicyclic) bond motifs is 1. The lowest BCUT2D eigenvalue weighted by atomic mass is 9.88. The molecule has 0 aliphatic carbocycles. The highest BCUT2D eigenvalue weighted by Crippen LogP contribution is 2.33. The number of aliphatic imine (C=N–C) groups is 1. The fourth-order valence-corrected chi connectivity index (χ4v) is 3.72. The number of carboxylic acids is 1. The van der Waals surface area contributed by atoms with Crippen LogP contribution >= 0.6 is 0 Å². The zero-order valence-corrected chi connectivity index (χ0v) is 15.7. The summed E-state index contributed by atoms with van der Waals surface area (Å²) in [5.74, 6) is -1.12. The van der Waals surface area contributed by atoms with Crippen molar-refractivity contribution < 1.29 is 14.7 Å². The van der Waals surface area contributed by atoms with Crippen molar-refractivity contribution in [1.82, 2.24) is 5.01 Å². The highest BCUT2D eigenvalue weighted by atomic mass is 16.4. The summed E-state index contributed by atoms with van der Waals surface area (Å²) in [6.07, 6.45) is 0.333. The van der Waals surface area contributed by atoms with Crippen LogP contribution in [0.3, 0.4) is 0 Å². The van der Waals surface area contributed by atoms with Gasteiger partial charge in [-0.05, 0) is 42.3 Å². The molecular weight excluding hydrogens is 368 g/mol. The van der Waals surface area contributed by atoms with Crippen LogP contribution in [0.4, 0.5) is 0 Å². The molecule has 0 radical (unpaired) electrons. The van der Waals surface area contributed by atoms with Gasteiger partial charge in [-0.2, -0.15) is 10.4 Å². The van der Waals surface area contributed by atoms with E-state index in [4.69, 9.17) is 15.4 Å². The predicted molar refractivity (Wildman–Crippen MR) is 107 cm³/mol. The standard InChI is InChI=1S/C22H18N4O3/c1-13-18(15-6-8-17(9-7-15)22(28)29)10-20-24-19(11-21(27)26(20)25-13)16-4-2-14(12-23)3-5-16/h2-9,18,20H,10-11H2,1H3,(H,28,29). The number of carboxylic acid groups (broad SMARTS) is 1. The molecule has 2 aliphatic heterocycles. The van der Waals surface area contributed by atoms with Crippen LogP contribution in [0.2, 0.25) is 0 Å². The van der Waals surface area contributed by atoms with E-state index in [0.717, 1.165) is 16.8 Å². The predicted octanol–water partition coefficient (Wildman–Crippen LogP) is 3.17. The summed E-state index contributed by atoms with van der Waals surface area (Å²) in [4.78, 5) is 28.5. The smallest absolute Gasteiger partial charge is 0.335 e. The van der Waals surface area contributed by atoms with Crippen molar-refractivity contribution in [3.8, 4) is 6.07 Å². The van der Waals surface area contributed by atoms with Gasteiger partial charge in [-0.1, -0.05) is 24.3 Å². The molecule has 0 aromatic heterocycles. The molecule has 2 atom stereocenters. The van der Waals surface area contributed by atoms with E-state index in [0.29, 0.717) is 17.7 Å². The number of carbonyl (C=O) groups excluding carboxylic acids is 1. The fourth-order valence-electron chi connectivity index (χ4n) is 3.72. The summed E-state index contributed by atoms with van der Waals surface area (Å²) in [6, 6.07) is 15.9. The van der Waals surface area contributed by atoms with Crippen molar-refractivity contribution in [3.63, 3.8) is 0 Å². The third kappa shape index (κ3) is 3.52.